The molecule has 1 aliphatic rings. The van der Waals surface area contributed by atoms with E-state index in [4.69, 9.17) is 0 Å². The molecule has 35 heavy (non-hydrogen) atoms. The highest BCUT2D eigenvalue weighted by molar-refractivity contribution is 6.03. The van der Waals surface area contributed by atoms with Crippen molar-refractivity contribution in [3.8, 4) is 11.1 Å². The number of piperazine rings is 1. The molecule has 6 nitrogen and oxygen atoms in total. The summed E-state index contributed by atoms with van der Waals surface area (Å²) in [5, 5.41) is 2.70. The lowest BCUT2D eigenvalue weighted by molar-refractivity contribution is -0.135. The van der Waals surface area contributed by atoms with Gasteiger partial charge in [-0.3, -0.25) is 14.4 Å². The molecule has 0 radical (unpaired) electrons. The maximum atomic E-state index is 13.4. The monoisotopic (exact) mass is 481 g/mol. The number of amides is 3. The molecular weight excluding hydrogens is 459 g/mol. The van der Waals surface area contributed by atoms with Crippen molar-refractivity contribution in [1.29, 1.82) is 0 Å². The van der Waals surface area contributed by atoms with Crippen LogP contribution < -0.4 is 5.32 Å². The van der Waals surface area contributed by atoms with Gasteiger partial charge in [0, 0.05) is 37.4 Å². The zero-order valence-electron chi connectivity index (χ0n) is 18.6. The van der Waals surface area contributed by atoms with E-state index in [2.05, 4.69) is 5.32 Å². The summed E-state index contributed by atoms with van der Waals surface area (Å²) in [4.78, 5) is 40.1. The molecule has 0 aromatic heterocycles. The zero-order chi connectivity index (χ0) is 24.9. The first-order valence-corrected chi connectivity index (χ1v) is 11.0. The van der Waals surface area contributed by atoms with Gasteiger partial charge in [0.15, 0.2) is 17.5 Å². The molecule has 3 amide bonds. The standard InChI is InChI=1S/C26H22F3N3O3/c27-21-14-19(15-22(28)25(21)29)26(35)32-12-10-31(11-13-32)24(34)16-23(33)30-20-8-6-18(7-9-20)17-4-2-1-3-5-17/h1-9,14-15H,10-13,16H2,(H,30,33). The number of carbonyl (C=O) groups is 3. The van der Waals surface area contributed by atoms with E-state index < -0.39 is 35.2 Å². The van der Waals surface area contributed by atoms with E-state index in [1.54, 1.807) is 12.1 Å². The maximum Gasteiger partial charge on any atom is 0.254 e. The lowest BCUT2D eigenvalue weighted by atomic mass is 10.1. The molecule has 4 rings (SSSR count). The van der Waals surface area contributed by atoms with Gasteiger partial charge in [-0.1, -0.05) is 42.5 Å². The van der Waals surface area contributed by atoms with Crippen LogP contribution in [0.4, 0.5) is 18.9 Å². The quantitative estimate of drug-likeness (QED) is 0.441. The van der Waals surface area contributed by atoms with Gasteiger partial charge in [0.05, 0.1) is 0 Å². The van der Waals surface area contributed by atoms with E-state index in [-0.39, 0.29) is 38.2 Å². The van der Waals surface area contributed by atoms with Crippen molar-refractivity contribution >= 4 is 23.4 Å². The molecule has 1 heterocycles. The van der Waals surface area contributed by atoms with Gasteiger partial charge >= 0.3 is 0 Å². The van der Waals surface area contributed by atoms with Crippen molar-refractivity contribution in [2.24, 2.45) is 0 Å². The zero-order valence-corrected chi connectivity index (χ0v) is 18.6. The second kappa shape index (κ2) is 10.4. The summed E-state index contributed by atoms with van der Waals surface area (Å²) in [6.45, 7) is 0.563. The summed E-state index contributed by atoms with van der Waals surface area (Å²) in [5.41, 5.74) is 2.31. The van der Waals surface area contributed by atoms with Gasteiger partial charge in [-0.15, -0.1) is 0 Å². The third-order valence-corrected chi connectivity index (χ3v) is 5.74. The molecule has 0 unspecified atom stereocenters. The second-order valence-electron chi connectivity index (χ2n) is 8.10. The van der Waals surface area contributed by atoms with Crippen molar-refractivity contribution in [2.45, 2.75) is 6.42 Å². The highest BCUT2D eigenvalue weighted by Gasteiger charge is 2.27. The Morgan fingerprint density at radius 2 is 1.29 bits per heavy atom. The lowest BCUT2D eigenvalue weighted by Gasteiger charge is -2.34. The van der Waals surface area contributed by atoms with Gasteiger partial charge < -0.3 is 15.1 Å². The van der Waals surface area contributed by atoms with Crippen molar-refractivity contribution in [1.82, 2.24) is 9.80 Å². The minimum Gasteiger partial charge on any atom is -0.339 e. The first-order chi connectivity index (χ1) is 16.8. The van der Waals surface area contributed by atoms with E-state index in [9.17, 15) is 27.6 Å². The maximum absolute atomic E-state index is 13.4. The van der Waals surface area contributed by atoms with Crippen LogP contribution in [0.2, 0.25) is 0 Å². The minimum atomic E-state index is -1.64. The van der Waals surface area contributed by atoms with E-state index >= 15 is 0 Å². The number of hydrogen-bond donors (Lipinski definition) is 1. The average Bonchev–Trinajstić information content (AvgIpc) is 2.87. The number of nitrogens with zero attached hydrogens (tertiary/aromatic N) is 2. The van der Waals surface area contributed by atoms with Crippen LogP contribution in [0.25, 0.3) is 11.1 Å². The van der Waals surface area contributed by atoms with E-state index in [1.165, 1.54) is 9.80 Å². The van der Waals surface area contributed by atoms with Crippen LogP contribution in [0.3, 0.4) is 0 Å². The van der Waals surface area contributed by atoms with E-state index in [0.717, 1.165) is 11.1 Å². The van der Waals surface area contributed by atoms with Gasteiger partial charge in [0.25, 0.3) is 5.91 Å². The smallest absolute Gasteiger partial charge is 0.254 e. The Kier molecular flexibility index (Phi) is 7.14. The fourth-order valence-electron chi connectivity index (χ4n) is 3.85. The largest absolute Gasteiger partial charge is 0.339 e. The first kappa shape index (κ1) is 24.0. The highest BCUT2D eigenvalue weighted by atomic mass is 19.2. The third-order valence-electron chi connectivity index (χ3n) is 5.74. The molecule has 9 heteroatoms. The SMILES string of the molecule is O=C(CC(=O)N1CCN(C(=O)c2cc(F)c(F)c(F)c2)CC1)Nc1ccc(-c2ccccc2)cc1. The van der Waals surface area contributed by atoms with E-state index in [0.29, 0.717) is 17.8 Å². The predicted molar refractivity (Wildman–Crippen MR) is 124 cm³/mol. The molecule has 1 aliphatic heterocycles. The second-order valence-corrected chi connectivity index (χ2v) is 8.10. The molecule has 1 N–H and O–H groups in total. The highest BCUT2D eigenvalue weighted by Crippen LogP contribution is 2.21. The van der Waals surface area contributed by atoms with Gasteiger partial charge in [0.2, 0.25) is 11.8 Å². The summed E-state index contributed by atoms with van der Waals surface area (Å²) >= 11 is 0. The fourth-order valence-corrected chi connectivity index (χ4v) is 3.85. The van der Waals surface area contributed by atoms with Crippen LogP contribution in [0.15, 0.2) is 66.7 Å². The summed E-state index contributed by atoms with van der Waals surface area (Å²) in [6, 6.07) is 18.3. The van der Waals surface area contributed by atoms with Gasteiger partial charge in [-0.25, -0.2) is 13.2 Å². The molecule has 0 spiro atoms. The molecular formula is C26H22F3N3O3. The van der Waals surface area contributed by atoms with Crippen LogP contribution in [-0.4, -0.2) is 53.7 Å². The van der Waals surface area contributed by atoms with Gasteiger partial charge in [-0.05, 0) is 35.4 Å². The van der Waals surface area contributed by atoms with Crippen molar-refractivity contribution in [3.05, 3.63) is 89.7 Å². The Balaban J connectivity index is 1.27. The molecule has 1 saturated heterocycles. The van der Waals surface area contributed by atoms with Crippen LogP contribution in [0.5, 0.6) is 0 Å². The minimum absolute atomic E-state index is 0.119. The molecule has 0 aliphatic carbocycles. The van der Waals surface area contributed by atoms with Crippen LogP contribution in [0, 0.1) is 17.5 Å². The average molecular weight is 481 g/mol. The van der Waals surface area contributed by atoms with Gasteiger partial charge in [-0.2, -0.15) is 0 Å². The molecule has 0 saturated carbocycles. The Morgan fingerprint density at radius 1 is 0.743 bits per heavy atom. The molecule has 1 fully saturated rings. The fraction of sp³-hybridized carbons (Fsp3) is 0.192. The Labute approximate surface area is 200 Å². The molecule has 0 atom stereocenters. The number of rotatable bonds is 5. The number of benzene rings is 3. The third kappa shape index (κ3) is 5.68. The summed E-state index contributed by atoms with van der Waals surface area (Å²) < 4.78 is 40.0. The Bertz CT molecular complexity index is 1220. The van der Waals surface area contributed by atoms with Crippen LogP contribution >= 0.6 is 0 Å². The summed E-state index contributed by atoms with van der Waals surface area (Å²) in [5.74, 6) is -6.03. The lowest BCUT2D eigenvalue weighted by Crippen LogP contribution is -2.51. The molecule has 3 aromatic rings. The number of carbonyl (C=O) groups excluding carboxylic acids is 3. The van der Waals surface area contributed by atoms with E-state index in [1.807, 2.05) is 42.5 Å². The van der Waals surface area contributed by atoms with Crippen molar-refractivity contribution in [3.63, 3.8) is 0 Å². The molecule has 3 aromatic carbocycles. The number of hydrogen-bond acceptors (Lipinski definition) is 3. The predicted octanol–water partition coefficient (Wildman–Crippen LogP) is 4.08. The van der Waals surface area contributed by atoms with Crippen molar-refractivity contribution in [2.75, 3.05) is 31.5 Å². The topological polar surface area (TPSA) is 69.7 Å². The Morgan fingerprint density at radius 3 is 1.89 bits per heavy atom. The molecule has 0 bridgehead atoms. The normalized spacial score (nSPS) is 13.5. The number of halogens is 3. The van der Waals surface area contributed by atoms with Crippen LogP contribution in [-0.2, 0) is 9.59 Å². The van der Waals surface area contributed by atoms with Gasteiger partial charge in [0.1, 0.15) is 6.42 Å². The number of nitrogens with one attached hydrogen (secondary N) is 1. The number of anilines is 1. The summed E-state index contributed by atoms with van der Waals surface area (Å²) in [7, 11) is 0. The Hall–Kier alpha value is -4.14. The summed E-state index contributed by atoms with van der Waals surface area (Å²) in [6.07, 6.45) is -0.358. The molecule has 180 valence electrons. The van der Waals surface area contributed by atoms with Crippen molar-refractivity contribution < 1.29 is 27.6 Å². The first-order valence-electron chi connectivity index (χ1n) is 11.0. The van der Waals surface area contributed by atoms with Crippen LogP contribution in [0.1, 0.15) is 16.8 Å².